The summed E-state index contributed by atoms with van der Waals surface area (Å²) < 4.78 is 3.32. The van der Waals surface area contributed by atoms with Gasteiger partial charge in [0.1, 0.15) is 0 Å². The molecule has 1 N–H and O–H groups in total. The quantitative estimate of drug-likeness (QED) is 0.281. The van der Waals surface area contributed by atoms with Gasteiger partial charge in [-0.3, -0.25) is 9.48 Å². The Kier molecular flexibility index (Phi) is 7.99. The maximum absolute atomic E-state index is 12.9. The molecule has 1 fully saturated rings. The van der Waals surface area contributed by atoms with Crippen molar-refractivity contribution in [1.29, 1.82) is 0 Å². The third-order valence-electron chi connectivity index (χ3n) is 7.81. The van der Waals surface area contributed by atoms with Crippen molar-refractivity contribution in [2.24, 2.45) is 0 Å². The normalized spacial score (nSPS) is 16.2. The lowest BCUT2D eigenvalue weighted by atomic mass is 10.00. The minimum absolute atomic E-state index is 0.0898. The number of halogens is 1. The minimum Gasteiger partial charge on any atom is -0.347 e. The highest BCUT2D eigenvalue weighted by Crippen LogP contribution is 2.33. The lowest BCUT2D eigenvalue weighted by Crippen LogP contribution is -2.30. The monoisotopic (exact) mass is 563 g/mol. The largest absolute Gasteiger partial charge is 0.347 e. The third kappa shape index (κ3) is 5.76. The fourth-order valence-corrected chi connectivity index (χ4v) is 6.87. The zero-order valence-electron chi connectivity index (χ0n) is 22.3. The maximum atomic E-state index is 12.9. The van der Waals surface area contributed by atoms with E-state index in [0.717, 1.165) is 59.4 Å². The molecule has 4 heterocycles. The smallest absolute Gasteiger partial charge is 0.261 e. The van der Waals surface area contributed by atoms with Gasteiger partial charge in [0.05, 0.1) is 24.2 Å². The number of aromatic nitrogens is 2. The van der Waals surface area contributed by atoms with Gasteiger partial charge in [0.2, 0.25) is 0 Å². The van der Waals surface area contributed by atoms with Crippen LogP contribution in [0.5, 0.6) is 0 Å². The Labute approximate surface area is 238 Å². The number of fused-ring (bicyclic) bond motifs is 2. The van der Waals surface area contributed by atoms with Crippen molar-refractivity contribution >= 4 is 38.9 Å². The maximum Gasteiger partial charge on any atom is 0.261 e. The van der Waals surface area contributed by atoms with E-state index in [9.17, 15) is 4.79 Å². The second-order valence-corrected chi connectivity index (χ2v) is 11.8. The summed E-state index contributed by atoms with van der Waals surface area (Å²) in [6.45, 7) is 6.39. The number of amides is 1. The van der Waals surface area contributed by atoms with Crippen LogP contribution in [0.1, 0.15) is 45.8 Å². The van der Waals surface area contributed by atoms with Crippen LogP contribution in [0.15, 0.2) is 48.5 Å². The average Bonchev–Trinajstić information content (AvgIpc) is 3.71. The summed E-state index contributed by atoms with van der Waals surface area (Å²) in [7, 11) is 1.73. The Hall–Kier alpha value is -2.75. The van der Waals surface area contributed by atoms with Gasteiger partial charge in [-0.25, -0.2) is 0 Å². The van der Waals surface area contributed by atoms with E-state index in [-0.39, 0.29) is 5.91 Å². The second-order valence-electron chi connectivity index (χ2n) is 10.3. The molecule has 204 valence electrons. The molecule has 0 aliphatic carbocycles. The van der Waals surface area contributed by atoms with Crippen LogP contribution >= 0.6 is 22.9 Å². The molecule has 0 bridgehead atoms. The molecule has 39 heavy (non-hydrogen) atoms. The molecule has 2 aromatic heterocycles. The van der Waals surface area contributed by atoms with E-state index < -0.39 is 0 Å². The van der Waals surface area contributed by atoms with Gasteiger partial charge in [0.25, 0.3) is 5.91 Å². The number of carbonyl (C=O) groups excluding carboxylic acids is 1. The minimum atomic E-state index is -0.0898. The van der Waals surface area contributed by atoms with Crippen LogP contribution < -0.4 is 5.32 Å². The number of likely N-dealkylation sites (tertiary alicyclic amines) is 1. The van der Waals surface area contributed by atoms with Gasteiger partial charge >= 0.3 is 0 Å². The number of hydrogen-bond donors (Lipinski definition) is 1. The molecule has 0 spiro atoms. The number of rotatable bonds is 9. The molecule has 2 aliphatic heterocycles. The molecule has 6 rings (SSSR count). The van der Waals surface area contributed by atoms with Gasteiger partial charge in [0.15, 0.2) is 0 Å². The molecular formula is C30H34ClN5O2S. The molecule has 9 heteroatoms. The van der Waals surface area contributed by atoms with Crippen molar-refractivity contribution in [3.8, 4) is 11.3 Å². The molecule has 7 nitrogen and oxygen atoms in total. The van der Waals surface area contributed by atoms with Crippen molar-refractivity contribution in [3.63, 3.8) is 0 Å². The number of nitrogens with one attached hydrogen (secondary N) is 1. The van der Waals surface area contributed by atoms with Crippen molar-refractivity contribution in [2.45, 2.75) is 45.3 Å². The number of thiophene rings is 1. The molecule has 0 unspecified atom stereocenters. The second kappa shape index (κ2) is 11.8. The summed E-state index contributed by atoms with van der Waals surface area (Å²) in [6, 6.07) is 16.0. The van der Waals surface area contributed by atoms with Crippen molar-refractivity contribution in [3.05, 3.63) is 75.3 Å². The summed E-state index contributed by atoms with van der Waals surface area (Å²) in [5.41, 5.74) is 5.38. The zero-order valence-corrected chi connectivity index (χ0v) is 23.9. The summed E-state index contributed by atoms with van der Waals surface area (Å²) in [5.74, 6) is -0.0898. The molecule has 1 amide bonds. The SMILES string of the molecule is CON1CCc2c(c(-c3ccc(Cl)c(CNC(=O)c4cc5ccccc5s4)c3)nn2CCCN2CCCC2)C1. The van der Waals surface area contributed by atoms with Gasteiger partial charge in [0, 0.05) is 52.6 Å². The topological polar surface area (TPSA) is 62.6 Å². The third-order valence-corrected chi connectivity index (χ3v) is 9.29. The number of aryl methyl sites for hydroxylation is 1. The van der Waals surface area contributed by atoms with Crippen LogP contribution in [0, 0.1) is 0 Å². The van der Waals surface area contributed by atoms with Crippen molar-refractivity contribution in [1.82, 2.24) is 25.1 Å². The molecular weight excluding hydrogens is 530 g/mol. The van der Waals surface area contributed by atoms with E-state index in [1.165, 1.54) is 48.5 Å². The van der Waals surface area contributed by atoms with E-state index in [4.69, 9.17) is 21.5 Å². The highest BCUT2D eigenvalue weighted by Gasteiger charge is 2.26. The van der Waals surface area contributed by atoms with Gasteiger partial charge in [-0.05, 0) is 74.1 Å². The predicted molar refractivity (Wildman–Crippen MR) is 157 cm³/mol. The zero-order chi connectivity index (χ0) is 26.8. The Morgan fingerprint density at radius 1 is 1.10 bits per heavy atom. The van der Waals surface area contributed by atoms with Crippen molar-refractivity contribution < 1.29 is 9.63 Å². The van der Waals surface area contributed by atoms with Crippen LogP contribution in [0.25, 0.3) is 21.3 Å². The van der Waals surface area contributed by atoms with E-state index in [2.05, 4.69) is 21.0 Å². The fraction of sp³-hybridized carbons (Fsp3) is 0.400. The first-order chi connectivity index (χ1) is 19.1. The Morgan fingerprint density at radius 2 is 1.95 bits per heavy atom. The summed E-state index contributed by atoms with van der Waals surface area (Å²) in [5, 5.41) is 11.9. The molecule has 2 aliphatic rings. The van der Waals surface area contributed by atoms with E-state index in [0.29, 0.717) is 23.0 Å². The Morgan fingerprint density at radius 3 is 2.77 bits per heavy atom. The van der Waals surface area contributed by atoms with Gasteiger partial charge < -0.3 is 15.1 Å². The standard InChI is InChI=1S/C30H34ClN5O2S/c1-38-35-16-11-26-24(20-35)29(33-36(26)15-6-14-34-12-4-5-13-34)22-9-10-25(31)23(17-22)19-32-30(37)28-18-21-7-2-3-8-27(21)39-28/h2-3,7-10,17-18H,4-6,11-16,19-20H2,1H3,(H,32,37). The van der Waals surface area contributed by atoms with E-state index >= 15 is 0 Å². The summed E-state index contributed by atoms with van der Waals surface area (Å²) >= 11 is 8.10. The van der Waals surface area contributed by atoms with Crippen LogP contribution in [0.3, 0.4) is 0 Å². The van der Waals surface area contributed by atoms with Crippen LogP contribution in [0.2, 0.25) is 5.02 Å². The van der Waals surface area contributed by atoms with Crippen molar-refractivity contribution in [2.75, 3.05) is 33.3 Å². The van der Waals surface area contributed by atoms with E-state index in [1.54, 1.807) is 7.11 Å². The number of nitrogens with zero attached hydrogens (tertiary/aromatic N) is 4. The molecule has 4 aromatic rings. The molecule has 1 saturated heterocycles. The lowest BCUT2D eigenvalue weighted by Gasteiger charge is -2.25. The predicted octanol–water partition coefficient (Wildman–Crippen LogP) is 5.75. The summed E-state index contributed by atoms with van der Waals surface area (Å²) in [6.07, 6.45) is 4.64. The number of carbonyl (C=O) groups is 1. The first-order valence-corrected chi connectivity index (χ1v) is 14.9. The number of benzene rings is 2. The molecule has 0 atom stereocenters. The fourth-order valence-electron chi connectivity index (χ4n) is 5.70. The summed E-state index contributed by atoms with van der Waals surface area (Å²) in [4.78, 5) is 21.8. The average molecular weight is 564 g/mol. The van der Waals surface area contributed by atoms with E-state index in [1.807, 2.05) is 47.5 Å². The van der Waals surface area contributed by atoms with Crippen LogP contribution in [-0.2, 0) is 30.9 Å². The Bertz CT molecular complexity index is 1440. The van der Waals surface area contributed by atoms with Crippen LogP contribution in [0.4, 0.5) is 0 Å². The van der Waals surface area contributed by atoms with Gasteiger partial charge in [-0.2, -0.15) is 10.2 Å². The number of hydrogen-bond acceptors (Lipinski definition) is 6. The highest BCUT2D eigenvalue weighted by atomic mass is 35.5. The lowest BCUT2D eigenvalue weighted by molar-refractivity contribution is -0.142. The number of hydroxylamine groups is 2. The first-order valence-electron chi connectivity index (χ1n) is 13.7. The molecule has 2 aromatic carbocycles. The Balaban J connectivity index is 1.21. The highest BCUT2D eigenvalue weighted by molar-refractivity contribution is 7.20. The molecule has 0 saturated carbocycles. The van der Waals surface area contributed by atoms with Gasteiger partial charge in [-0.1, -0.05) is 35.9 Å². The first kappa shape index (κ1) is 26.5. The molecule has 0 radical (unpaired) electrons. The van der Waals surface area contributed by atoms with Crippen LogP contribution in [-0.4, -0.2) is 58.9 Å². The van der Waals surface area contributed by atoms with Gasteiger partial charge in [-0.15, -0.1) is 11.3 Å².